The fourth-order valence-corrected chi connectivity index (χ4v) is 3.93. The molecule has 0 bridgehead atoms. The van der Waals surface area contributed by atoms with E-state index in [4.69, 9.17) is 11.6 Å². The van der Waals surface area contributed by atoms with E-state index < -0.39 is 5.82 Å². The molecular formula is C21H17ClFN5OS. The molecular weight excluding hydrogens is 425 g/mol. The number of nitrogens with one attached hydrogen (secondary N) is 2. The standard InChI is InChI=1S/C21H17ClFN5OS/c1-12-14(8-9-15-18(12)21(29)28(2)11-25-15)26-20-13(23)6-7-16(19(20)22)27-30-17-5-3-4-10-24-17/h3-11,26-27H,1-2H3. The molecule has 0 radical (unpaired) electrons. The Hall–Kier alpha value is -3.10. The summed E-state index contributed by atoms with van der Waals surface area (Å²) < 4.78 is 19.1. The second kappa shape index (κ2) is 8.33. The molecule has 0 fully saturated rings. The molecule has 2 heterocycles. The van der Waals surface area contributed by atoms with Crippen LogP contribution in [0.15, 0.2) is 64.8 Å². The molecule has 2 aromatic heterocycles. The summed E-state index contributed by atoms with van der Waals surface area (Å²) in [5.74, 6) is -0.507. The summed E-state index contributed by atoms with van der Waals surface area (Å²) in [7, 11) is 1.64. The lowest BCUT2D eigenvalue weighted by Gasteiger charge is -2.16. The van der Waals surface area contributed by atoms with Crippen molar-refractivity contribution in [1.82, 2.24) is 14.5 Å². The molecule has 0 aliphatic carbocycles. The predicted octanol–water partition coefficient (Wildman–Crippen LogP) is 5.29. The predicted molar refractivity (Wildman–Crippen MR) is 120 cm³/mol. The van der Waals surface area contributed by atoms with Crippen LogP contribution in [0.4, 0.5) is 21.5 Å². The van der Waals surface area contributed by atoms with Crippen molar-refractivity contribution >= 4 is 51.5 Å². The van der Waals surface area contributed by atoms with Gasteiger partial charge in [-0.2, -0.15) is 0 Å². The first-order valence-corrected chi connectivity index (χ1v) is 10.2. The van der Waals surface area contributed by atoms with Crippen molar-refractivity contribution in [2.75, 3.05) is 10.0 Å². The van der Waals surface area contributed by atoms with E-state index in [1.165, 1.54) is 28.9 Å². The number of halogens is 2. The number of benzene rings is 2. The van der Waals surface area contributed by atoms with Crippen LogP contribution in [0, 0.1) is 12.7 Å². The molecule has 0 saturated heterocycles. The van der Waals surface area contributed by atoms with Gasteiger partial charge in [0.15, 0.2) is 0 Å². The van der Waals surface area contributed by atoms with Crippen LogP contribution in [0.25, 0.3) is 10.9 Å². The van der Waals surface area contributed by atoms with Crippen molar-refractivity contribution in [1.29, 1.82) is 0 Å². The number of pyridine rings is 1. The third-order valence-electron chi connectivity index (χ3n) is 4.60. The fraction of sp³-hybridized carbons (Fsp3) is 0.0952. The Balaban J connectivity index is 1.69. The minimum Gasteiger partial charge on any atom is -0.352 e. The molecule has 2 N–H and O–H groups in total. The number of hydrogen-bond acceptors (Lipinski definition) is 6. The van der Waals surface area contributed by atoms with Gasteiger partial charge in [-0.05, 0) is 48.9 Å². The zero-order valence-electron chi connectivity index (χ0n) is 16.1. The number of aromatic nitrogens is 3. The van der Waals surface area contributed by atoms with Crippen LogP contribution in [-0.4, -0.2) is 14.5 Å². The average Bonchev–Trinajstić information content (AvgIpc) is 2.75. The van der Waals surface area contributed by atoms with Gasteiger partial charge in [-0.15, -0.1) is 0 Å². The summed E-state index contributed by atoms with van der Waals surface area (Å²) in [6.45, 7) is 1.79. The summed E-state index contributed by atoms with van der Waals surface area (Å²) in [5, 5.41) is 4.45. The molecule has 0 spiro atoms. The van der Waals surface area contributed by atoms with Crippen molar-refractivity contribution in [3.8, 4) is 0 Å². The van der Waals surface area contributed by atoms with E-state index in [2.05, 4.69) is 20.0 Å². The smallest absolute Gasteiger partial charge is 0.261 e. The number of fused-ring (bicyclic) bond motifs is 1. The zero-order chi connectivity index (χ0) is 21.3. The first-order valence-electron chi connectivity index (χ1n) is 8.99. The van der Waals surface area contributed by atoms with Gasteiger partial charge in [0.1, 0.15) is 10.8 Å². The zero-order valence-corrected chi connectivity index (χ0v) is 17.7. The molecule has 0 saturated carbocycles. The second-order valence-corrected chi connectivity index (χ2v) is 7.78. The SMILES string of the molecule is Cc1c(Nc2c(F)ccc(NSc3ccccn3)c2Cl)ccc2ncn(C)c(=O)c12. The summed E-state index contributed by atoms with van der Waals surface area (Å²) in [5.41, 5.74) is 2.30. The molecule has 0 unspecified atom stereocenters. The molecule has 152 valence electrons. The van der Waals surface area contributed by atoms with Crippen LogP contribution >= 0.6 is 23.5 Å². The lowest BCUT2D eigenvalue weighted by Crippen LogP contribution is -2.18. The maximum atomic E-state index is 14.6. The first kappa shape index (κ1) is 20.2. The summed E-state index contributed by atoms with van der Waals surface area (Å²) in [6, 6.07) is 11.9. The van der Waals surface area contributed by atoms with Gasteiger partial charge >= 0.3 is 0 Å². The number of hydrogen-bond donors (Lipinski definition) is 2. The molecule has 0 atom stereocenters. The van der Waals surface area contributed by atoms with E-state index in [9.17, 15) is 9.18 Å². The van der Waals surface area contributed by atoms with Gasteiger partial charge in [-0.25, -0.2) is 14.4 Å². The molecule has 9 heteroatoms. The van der Waals surface area contributed by atoms with Crippen molar-refractivity contribution in [3.05, 3.63) is 81.7 Å². The molecule has 30 heavy (non-hydrogen) atoms. The van der Waals surface area contributed by atoms with Gasteiger partial charge in [-0.1, -0.05) is 17.7 Å². The van der Waals surface area contributed by atoms with E-state index in [-0.39, 0.29) is 16.3 Å². The first-order chi connectivity index (χ1) is 14.5. The van der Waals surface area contributed by atoms with Crippen LogP contribution < -0.4 is 15.6 Å². The highest BCUT2D eigenvalue weighted by Gasteiger charge is 2.16. The number of rotatable bonds is 5. The van der Waals surface area contributed by atoms with Crippen molar-refractivity contribution in [3.63, 3.8) is 0 Å². The van der Waals surface area contributed by atoms with Gasteiger partial charge in [0, 0.05) is 30.9 Å². The number of nitrogens with zero attached hydrogens (tertiary/aromatic N) is 3. The Morgan fingerprint density at radius 1 is 1.10 bits per heavy atom. The lowest BCUT2D eigenvalue weighted by atomic mass is 10.1. The van der Waals surface area contributed by atoms with Gasteiger partial charge in [0.25, 0.3) is 5.56 Å². The van der Waals surface area contributed by atoms with Crippen LogP contribution in [0.5, 0.6) is 0 Å². The topological polar surface area (TPSA) is 71.8 Å². The Labute approximate surface area is 181 Å². The van der Waals surface area contributed by atoms with Crippen LogP contribution in [-0.2, 0) is 7.05 Å². The normalized spacial score (nSPS) is 10.9. The molecule has 0 amide bonds. The molecule has 4 aromatic rings. The summed E-state index contributed by atoms with van der Waals surface area (Å²) in [4.78, 5) is 21.0. The Kier molecular flexibility index (Phi) is 5.61. The third-order valence-corrected chi connectivity index (χ3v) is 5.77. The second-order valence-electron chi connectivity index (χ2n) is 6.57. The van der Waals surface area contributed by atoms with Crippen molar-refractivity contribution in [2.24, 2.45) is 7.05 Å². The van der Waals surface area contributed by atoms with Gasteiger partial charge in [0.05, 0.1) is 33.6 Å². The highest BCUT2D eigenvalue weighted by molar-refractivity contribution is 8.00. The Morgan fingerprint density at radius 3 is 2.67 bits per heavy atom. The molecule has 6 nitrogen and oxygen atoms in total. The van der Waals surface area contributed by atoms with Crippen molar-refractivity contribution < 1.29 is 4.39 Å². The molecule has 2 aromatic carbocycles. The summed E-state index contributed by atoms with van der Waals surface area (Å²) >= 11 is 7.75. The van der Waals surface area contributed by atoms with E-state index in [1.807, 2.05) is 18.2 Å². The van der Waals surface area contributed by atoms with E-state index in [0.717, 1.165) is 5.03 Å². The lowest BCUT2D eigenvalue weighted by molar-refractivity contribution is 0.632. The monoisotopic (exact) mass is 441 g/mol. The number of aryl methyl sites for hydroxylation is 2. The molecule has 4 rings (SSSR count). The molecule has 0 aliphatic heterocycles. The highest BCUT2D eigenvalue weighted by atomic mass is 35.5. The highest BCUT2D eigenvalue weighted by Crippen LogP contribution is 2.37. The van der Waals surface area contributed by atoms with Crippen LogP contribution in [0.2, 0.25) is 5.02 Å². The quantitative estimate of drug-likeness (QED) is 0.410. The van der Waals surface area contributed by atoms with E-state index in [0.29, 0.717) is 27.8 Å². The van der Waals surface area contributed by atoms with Gasteiger partial charge < -0.3 is 14.6 Å². The Bertz CT molecular complexity index is 1300. The maximum absolute atomic E-state index is 14.6. The minimum atomic E-state index is -0.507. The minimum absolute atomic E-state index is 0.117. The maximum Gasteiger partial charge on any atom is 0.261 e. The fourth-order valence-electron chi connectivity index (χ4n) is 2.98. The Morgan fingerprint density at radius 2 is 1.90 bits per heavy atom. The largest absolute Gasteiger partial charge is 0.352 e. The van der Waals surface area contributed by atoms with E-state index in [1.54, 1.807) is 38.4 Å². The van der Waals surface area contributed by atoms with Crippen molar-refractivity contribution in [2.45, 2.75) is 11.9 Å². The van der Waals surface area contributed by atoms with Crippen LogP contribution in [0.1, 0.15) is 5.56 Å². The third kappa shape index (κ3) is 3.83. The van der Waals surface area contributed by atoms with Gasteiger partial charge in [0.2, 0.25) is 0 Å². The van der Waals surface area contributed by atoms with Gasteiger partial charge in [-0.3, -0.25) is 4.79 Å². The average molecular weight is 442 g/mol. The molecule has 0 aliphatic rings. The number of anilines is 3. The van der Waals surface area contributed by atoms with Crippen LogP contribution in [0.3, 0.4) is 0 Å². The summed E-state index contributed by atoms with van der Waals surface area (Å²) in [6.07, 6.45) is 3.16. The van der Waals surface area contributed by atoms with E-state index >= 15 is 0 Å².